The highest BCUT2D eigenvalue weighted by atomic mass is 35.5. The van der Waals surface area contributed by atoms with Crippen molar-refractivity contribution in [1.82, 2.24) is 20.4 Å². The van der Waals surface area contributed by atoms with E-state index >= 15 is 0 Å². The van der Waals surface area contributed by atoms with Crippen molar-refractivity contribution in [3.63, 3.8) is 0 Å². The lowest BCUT2D eigenvalue weighted by Crippen LogP contribution is -2.54. The molecule has 1 saturated heterocycles. The maximum atomic E-state index is 13.1. The summed E-state index contributed by atoms with van der Waals surface area (Å²) in [6.07, 6.45) is 5.01. The Kier molecular flexibility index (Phi) is 7.50. The lowest BCUT2D eigenvalue weighted by molar-refractivity contribution is -0.132. The second kappa shape index (κ2) is 9.62. The van der Waals surface area contributed by atoms with Crippen LogP contribution in [0, 0.1) is 0 Å². The lowest BCUT2D eigenvalue weighted by Gasteiger charge is -2.36. The summed E-state index contributed by atoms with van der Waals surface area (Å²) in [4.78, 5) is 13.1. The summed E-state index contributed by atoms with van der Waals surface area (Å²) in [7, 11) is 1.62. The van der Waals surface area contributed by atoms with E-state index in [1.807, 2.05) is 37.4 Å². The first-order valence-electron chi connectivity index (χ1n) is 8.98. The third kappa shape index (κ3) is 4.54. The Morgan fingerprint density at radius 2 is 2.11 bits per heavy atom. The average Bonchev–Trinajstić information content (AvgIpc) is 3.22. The molecule has 0 spiro atoms. The van der Waals surface area contributed by atoms with Gasteiger partial charge in [-0.2, -0.15) is 5.10 Å². The molecule has 2 N–H and O–H groups in total. The zero-order valence-electron chi connectivity index (χ0n) is 15.7. The highest BCUT2D eigenvalue weighted by Crippen LogP contribution is 2.29. The van der Waals surface area contributed by atoms with Gasteiger partial charge in [0.2, 0.25) is 5.91 Å². The number of carbonyl (C=O) groups excluding carboxylic acids is 1. The SMILES string of the molecule is CCOc1cc(CNC(=O)C2(n3cccn3)CCNCC2)ccc1OC.Cl. The number of methoxy groups -OCH3 is 1. The largest absolute Gasteiger partial charge is 0.493 e. The molecule has 2 aromatic rings. The second-order valence-electron chi connectivity index (χ2n) is 6.33. The number of ether oxygens (including phenoxy) is 2. The predicted molar refractivity (Wildman–Crippen MR) is 106 cm³/mol. The number of halogens is 1. The Bertz CT molecular complexity index is 731. The maximum absolute atomic E-state index is 13.1. The van der Waals surface area contributed by atoms with E-state index in [2.05, 4.69) is 15.7 Å². The lowest BCUT2D eigenvalue weighted by atomic mass is 9.87. The monoisotopic (exact) mass is 394 g/mol. The van der Waals surface area contributed by atoms with E-state index in [4.69, 9.17) is 9.47 Å². The number of carbonyl (C=O) groups is 1. The molecule has 8 heteroatoms. The van der Waals surface area contributed by atoms with Crippen LogP contribution in [0.3, 0.4) is 0 Å². The van der Waals surface area contributed by atoms with Crippen molar-refractivity contribution >= 4 is 18.3 Å². The summed E-state index contributed by atoms with van der Waals surface area (Å²) in [6.45, 7) is 4.51. The van der Waals surface area contributed by atoms with Crippen molar-refractivity contribution in [2.45, 2.75) is 31.8 Å². The smallest absolute Gasteiger partial charge is 0.248 e. The van der Waals surface area contributed by atoms with Crippen LogP contribution in [-0.4, -0.2) is 42.5 Å². The minimum absolute atomic E-state index is 0. The third-order valence-electron chi connectivity index (χ3n) is 4.78. The number of aromatic nitrogens is 2. The number of rotatable bonds is 7. The van der Waals surface area contributed by atoms with Crippen molar-refractivity contribution < 1.29 is 14.3 Å². The Labute approximate surface area is 165 Å². The Hall–Kier alpha value is -2.25. The highest BCUT2D eigenvalue weighted by Gasteiger charge is 2.41. The van der Waals surface area contributed by atoms with Gasteiger partial charge in [0.15, 0.2) is 11.5 Å². The van der Waals surface area contributed by atoms with Crippen molar-refractivity contribution in [2.75, 3.05) is 26.8 Å². The molecule has 3 rings (SSSR count). The molecule has 1 amide bonds. The summed E-state index contributed by atoms with van der Waals surface area (Å²) in [5.74, 6) is 1.37. The summed E-state index contributed by atoms with van der Waals surface area (Å²) in [5, 5.41) is 10.7. The van der Waals surface area contributed by atoms with E-state index in [9.17, 15) is 4.79 Å². The molecule has 1 aromatic heterocycles. The van der Waals surface area contributed by atoms with Crippen LogP contribution in [0.5, 0.6) is 11.5 Å². The number of hydrogen-bond donors (Lipinski definition) is 2. The molecule has 1 aliphatic heterocycles. The third-order valence-corrected chi connectivity index (χ3v) is 4.78. The van der Waals surface area contributed by atoms with Crippen LogP contribution in [0.2, 0.25) is 0 Å². The van der Waals surface area contributed by atoms with Gasteiger partial charge in [-0.3, -0.25) is 9.48 Å². The number of nitrogens with one attached hydrogen (secondary N) is 2. The van der Waals surface area contributed by atoms with Crippen molar-refractivity contribution in [1.29, 1.82) is 0 Å². The van der Waals surface area contributed by atoms with Crippen LogP contribution >= 0.6 is 12.4 Å². The summed E-state index contributed by atoms with van der Waals surface area (Å²) in [5.41, 5.74) is 0.330. The summed E-state index contributed by atoms with van der Waals surface area (Å²) in [6, 6.07) is 7.56. The maximum Gasteiger partial charge on any atom is 0.248 e. The standard InChI is InChI=1S/C19H26N4O3.ClH/c1-3-26-17-13-15(5-6-16(17)25-2)14-21-18(24)19(7-10-20-11-8-19)23-12-4-9-22-23;/h4-6,9,12-13,20H,3,7-8,10-11,14H2,1-2H3,(H,21,24);1H. The molecule has 0 radical (unpaired) electrons. The average molecular weight is 395 g/mol. The van der Waals surface area contributed by atoms with Gasteiger partial charge in [0.1, 0.15) is 5.54 Å². The van der Waals surface area contributed by atoms with Crippen molar-refractivity contribution in [2.24, 2.45) is 0 Å². The van der Waals surface area contributed by atoms with Gasteiger partial charge in [-0.1, -0.05) is 6.07 Å². The van der Waals surface area contributed by atoms with E-state index < -0.39 is 5.54 Å². The first-order chi connectivity index (χ1) is 12.7. The normalized spacial score (nSPS) is 15.5. The molecule has 2 heterocycles. The molecule has 1 aliphatic rings. The molecular weight excluding hydrogens is 368 g/mol. The van der Waals surface area contributed by atoms with Crippen LogP contribution in [0.25, 0.3) is 0 Å². The van der Waals surface area contributed by atoms with Gasteiger partial charge in [0, 0.05) is 18.9 Å². The topological polar surface area (TPSA) is 77.4 Å². The second-order valence-corrected chi connectivity index (χ2v) is 6.33. The molecule has 148 valence electrons. The molecule has 1 fully saturated rings. The fraction of sp³-hybridized carbons (Fsp3) is 0.474. The van der Waals surface area contributed by atoms with Crippen molar-refractivity contribution in [3.8, 4) is 11.5 Å². The number of piperidine rings is 1. The van der Waals surface area contributed by atoms with E-state index in [-0.39, 0.29) is 18.3 Å². The van der Waals surface area contributed by atoms with Gasteiger partial charge in [-0.05, 0) is 56.6 Å². The molecule has 0 aliphatic carbocycles. The molecule has 0 saturated carbocycles. The van der Waals surface area contributed by atoms with Crippen molar-refractivity contribution in [3.05, 3.63) is 42.2 Å². The van der Waals surface area contributed by atoms with Crippen LogP contribution in [-0.2, 0) is 16.9 Å². The van der Waals surface area contributed by atoms with Gasteiger partial charge < -0.3 is 20.1 Å². The quantitative estimate of drug-likeness (QED) is 0.752. The predicted octanol–water partition coefficient (Wildman–Crippen LogP) is 2.11. The number of nitrogens with zero attached hydrogens (tertiary/aromatic N) is 2. The minimum atomic E-state index is -0.635. The van der Waals surface area contributed by atoms with Gasteiger partial charge in [-0.15, -0.1) is 12.4 Å². The molecule has 27 heavy (non-hydrogen) atoms. The molecule has 0 unspecified atom stereocenters. The van der Waals surface area contributed by atoms with E-state index in [0.29, 0.717) is 37.5 Å². The number of hydrogen-bond acceptors (Lipinski definition) is 5. The molecule has 0 atom stereocenters. The fourth-order valence-corrected chi connectivity index (χ4v) is 3.37. The summed E-state index contributed by atoms with van der Waals surface area (Å²) >= 11 is 0. The Morgan fingerprint density at radius 3 is 2.74 bits per heavy atom. The fourth-order valence-electron chi connectivity index (χ4n) is 3.37. The van der Waals surface area contributed by atoms with Gasteiger partial charge in [-0.25, -0.2) is 0 Å². The zero-order chi connectivity index (χ0) is 18.4. The Balaban J connectivity index is 0.00000261. The van der Waals surface area contributed by atoms with Gasteiger partial charge in [0.05, 0.1) is 13.7 Å². The van der Waals surface area contributed by atoms with E-state index in [1.165, 1.54) is 0 Å². The highest BCUT2D eigenvalue weighted by molar-refractivity contribution is 5.85. The van der Waals surface area contributed by atoms with Crippen LogP contribution in [0.1, 0.15) is 25.3 Å². The van der Waals surface area contributed by atoms with Crippen LogP contribution < -0.4 is 20.1 Å². The minimum Gasteiger partial charge on any atom is -0.493 e. The summed E-state index contributed by atoms with van der Waals surface area (Å²) < 4.78 is 12.7. The van der Waals surface area contributed by atoms with E-state index in [0.717, 1.165) is 18.7 Å². The first-order valence-corrected chi connectivity index (χ1v) is 8.98. The van der Waals surface area contributed by atoms with E-state index in [1.54, 1.807) is 18.0 Å². The molecule has 0 bridgehead atoms. The van der Waals surface area contributed by atoms with Gasteiger partial charge >= 0.3 is 0 Å². The molecule has 7 nitrogen and oxygen atoms in total. The first kappa shape index (κ1) is 21.1. The molecule has 1 aromatic carbocycles. The zero-order valence-corrected chi connectivity index (χ0v) is 16.6. The van der Waals surface area contributed by atoms with Gasteiger partial charge in [0.25, 0.3) is 0 Å². The molecular formula is C19H27ClN4O3. The number of benzene rings is 1. The number of amides is 1. The van der Waals surface area contributed by atoms with Crippen LogP contribution in [0.4, 0.5) is 0 Å². The van der Waals surface area contributed by atoms with Crippen LogP contribution in [0.15, 0.2) is 36.7 Å². The Morgan fingerprint density at radius 1 is 1.33 bits per heavy atom.